The van der Waals surface area contributed by atoms with Crippen molar-refractivity contribution in [1.29, 1.82) is 0 Å². The third-order valence-electron chi connectivity index (χ3n) is 7.65. The lowest BCUT2D eigenvalue weighted by molar-refractivity contribution is -0.385. The Bertz CT molecular complexity index is 1800. The minimum Gasteiger partial charge on any atom is -0.325 e. The molecule has 0 aliphatic carbocycles. The van der Waals surface area contributed by atoms with Gasteiger partial charge < -0.3 is 21.3 Å². The van der Waals surface area contributed by atoms with Gasteiger partial charge in [0, 0.05) is 84.4 Å². The van der Waals surface area contributed by atoms with Gasteiger partial charge in [0.1, 0.15) is 0 Å². The largest absolute Gasteiger partial charge is 0.325 e. The second-order valence-electron chi connectivity index (χ2n) is 11.8. The highest BCUT2D eigenvalue weighted by Crippen LogP contribution is 2.19. The Morgan fingerprint density at radius 2 is 0.554 bits per heavy atom. The first-order chi connectivity index (χ1) is 26.6. The number of carbonyl (C=O) groups excluding carboxylic acids is 4. The van der Waals surface area contributed by atoms with Crippen LogP contribution in [-0.2, 0) is 19.2 Å². The number of amides is 4. The van der Waals surface area contributed by atoms with Gasteiger partial charge in [-0.2, -0.15) is 0 Å². The number of anilines is 4. The standard InChI is InChI=1S/C34H32N10O12/c45-31(35-23-1-9-27(10-2-23)41(49)50)19-39(20-32(46)36-24-3-11-28(12-4-24)42(51)52)17-18-40(21-33(47)37-25-5-13-29(14-6-25)43(53)54)22-34(48)38-26-7-15-30(16-8-26)44(55)56/h1-16H,17-22H2,(H,35,45)(H,36,46)(H,37,47)(H,38,48). The first-order valence-corrected chi connectivity index (χ1v) is 16.3. The van der Waals surface area contributed by atoms with Crippen LogP contribution in [0.2, 0.25) is 0 Å². The third kappa shape index (κ3) is 13.0. The summed E-state index contributed by atoms with van der Waals surface area (Å²) in [5.74, 6) is -2.50. The maximum absolute atomic E-state index is 13.1. The maximum atomic E-state index is 13.1. The van der Waals surface area contributed by atoms with E-state index < -0.39 is 69.5 Å². The van der Waals surface area contributed by atoms with Crippen LogP contribution in [0.3, 0.4) is 0 Å². The normalized spacial score (nSPS) is 10.7. The molecule has 56 heavy (non-hydrogen) atoms. The summed E-state index contributed by atoms with van der Waals surface area (Å²) in [5.41, 5.74) is 0.0785. The van der Waals surface area contributed by atoms with Gasteiger partial charge >= 0.3 is 0 Å². The zero-order valence-corrected chi connectivity index (χ0v) is 29.1. The molecule has 0 spiro atoms. The monoisotopic (exact) mass is 772 g/mol. The molecular formula is C34H32N10O12. The Labute approximate surface area is 315 Å². The molecule has 0 saturated heterocycles. The number of non-ortho nitro benzene ring substituents is 4. The van der Waals surface area contributed by atoms with Gasteiger partial charge in [-0.1, -0.05) is 0 Å². The second kappa shape index (κ2) is 19.4. The number of carbonyl (C=O) groups is 4. The van der Waals surface area contributed by atoms with Crippen molar-refractivity contribution in [3.63, 3.8) is 0 Å². The molecule has 0 fully saturated rings. The topological polar surface area (TPSA) is 295 Å². The van der Waals surface area contributed by atoms with Crippen molar-refractivity contribution in [1.82, 2.24) is 9.80 Å². The minimum absolute atomic E-state index is 0.100. The van der Waals surface area contributed by atoms with Crippen LogP contribution < -0.4 is 21.3 Å². The predicted octanol–water partition coefficient (Wildman–Crippen LogP) is 3.78. The quantitative estimate of drug-likeness (QED) is 0.0779. The first-order valence-electron chi connectivity index (χ1n) is 16.3. The summed E-state index contributed by atoms with van der Waals surface area (Å²) >= 11 is 0. The average molecular weight is 773 g/mol. The Morgan fingerprint density at radius 1 is 0.375 bits per heavy atom. The number of hydrogen-bond donors (Lipinski definition) is 4. The van der Waals surface area contributed by atoms with E-state index in [-0.39, 0.29) is 58.6 Å². The van der Waals surface area contributed by atoms with Crippen LogP contribution >= 0.6 is 0 Å². The highest BCUT2D eigenvalue weighted by atomic mass is 16.6. The van der Waals surface area contributed by atoms with Gasteiger partial charge in [-0.05, 0) is 48.5 Å². The molecule has 0 saturated carbocycles. The fourth-order valence-corrected chi connectivity index (χ4v) is 4.99. The molecule has 0 heterocycles. The Morgan fingerprint density at radius 3 is 0.714 bits per heavy atom. The highest BCUT2D eigenvalue weighted by molar-refractivity contribution is 5.96. The molecule has 0 radical (unpaired) electrons. The molecule has 0 aliphatic rings. The van der Waals surface area contributed by atoms with E-state index in [0.717, 1.165) is 0 Å². The highest BCUT2D eigenvalue weighted by Gasteiger charge is 2.21. The smallest absolute Gasteiger partial charge is 0.269 e. The molecule has 0 aliphatic heterocycles. The van der Waals surface area contributed by atoms with Gasteiger partial charge in [0.2, 0.25) is 23.6 Å². The van der Waals surface area contributed by atoms with Crippen molar-refractivity contribution in [2.24, 2.45) is 0 Å². The molecule has 4 N–H and O–H groups in total. The average Bonchev–Trinajstić information content (AvgIpc) is 3.14. The summed E-state index contributed by atoms with van der Waals surface area (Å²) in [6, 6.07) is 20.0. The van der Waals surface area contributed by atoms with E-state index >= 15 is 0 Å². The maximum Gasteiger partial charge on any atom is 0.269 e. The molecule has 4 aromatic carbocycles. The summed E-state index contributed by atoms with van der Waals surface area (Å²) in [6.07, 6.45) is 0. The Balaban J connectivity index is 1.50. The fraction of sp³-hybridized carbons (Fsp3) is 0.176. The van der Waals surface area contributed by atoms with Gasteiger partial charge in [0.25, 0.3) is 22.7 Å². The van der Waals surface area contributed by atoms with Crippen molar-refractivity contribution in [2.75, 3.05) is 60.5 Å². The zero-order chi connectivity index (χ0) is 40.8. The molecule has 0 unspecified atom stereocenters. The van der Waals surface area contributed by atoms with E-state index in [9.17, 15) is 59.6 Å². The molecule has 22 nitrogen and oxygen atoms in total. The number of nitro groups is 4. The second-order valence-corrected chi connectivity index (χ2v) is 11.8. The number of hydrogen-bond acceptors (Lipinski definition) is 14. The number of benzene rings is 4. The van der Waals surface area contributed by atoms with Gasteiger partial charge in [-0.15, -0.1) is 0 Å². The van der Waals surface area contributed by atoms with Crippen LogP contribution in [-0.4, -0.2) is 92.4 Å². The van der Waals surface area contributed by atoms with Gasteiger partial charge in [0.05, 0.1) is 45.9 Å². The summed E-state index contributed by atoms with van der Waals surface area (Å²) in [6.45, 7) is -1.86. The molecule has 4 rings (SSSR count). The van der Waals surface area contributed by atoms with Crippen LogP contribution in [0.1, 0.15) is 0 Å². The van der Waals surface area contributed by atoms with Crippen LogP contribution in [0.4, 0.5) is 45.5 Å². The Hall–Kier alpha value is -7.72. The van der Waals surface area contributed by atoms with E-state index in [1.165, 1.54) is 107 Å². The van der Waals surface area contributed by atoms with E-state index in [2.05, 4.69) is 21.3 Å². The molecule has 22 heteroatoms. The minimum atomic E-state index is -0.625. The summed E-state index contributed by atoms with van der Waals surface area (Å²) in [7, 11) is 0. The van der Waals surface area contributed by atoms with Crippen LogP contribution in [0.5, 0.6) is 0 Å². The lowest BCUT2D eigenvalue weighted by Gasteiger charge is -2.26. The number of nitrogens with zero attached hydrogens (tertiary/aromatic N) is 6. The predicted molar refractivity (Wildman–Crippen MR) is 200 cm³/mol. The molecule has 0 bridgehead atoms. The van der Waals surface area contributed by atoms with Gasteiger partial charge in [0.15, 0.2) is 0 Å². The molecule has 0 atom stereocenters. The van der Waals surface area contributed by atoms with Crippen LogP contribution in [0.15, 0.2) is 97.1 Å². The lowest BCUT2D eigenvalue weighted by atomic mass is 10.2. The molecule has 4 amide bonds. The molecule has 4 aromatic rings. The summed E-state index contributed by atoms with van der Waals surface area (Å²) in [5, 5.41) is 54.4. The van der Waals surface area contributed by atoms with E-state index in [0.29, 0.717) is 0 Å². The van der Waals surface area contributed by atoms with Crippen molar-refractivity contribution >= 4 is 69.1 Å². The number of nitro benzene ring substituents is 4. The molecule has 290 valence electrons. The Kier molecular flexibility index (Phi) is 14.2. The van der Waals surface area contributed by atoms with E-state index in [1.54, 1.807) is 0 Å². The van der Waals surface area contributed by atoms with E-state index in [4.69, 9.17) is 0 Å². The van der Waals surface area contributed by atoms with Crippen molar-refractivity contribution in [2.45, 2.75) is 0 Å². The van der Waals surface area contributed by atoms with Crippen molar-refractivity contribution in [3.8, 4) is 0 Å². The van der Waals surface area contributed by atoms with E-state index in [1.807, 2.05) is 0 Å². The molecule has 0 aromatic heterocycles. The summed E-state index contributed by atoms with van der Waals surface area (Å²) in [4.78, 5) is 96.9. The van der Waals surface area contributed by atoms with Crippen LogP contribution in [0.25, 0.3) is 0 Å². The van der Waals surface area contributed by atoms with Crippen LogP contribution in [0, 0.1) is 40.5 Å². The lowest BCUT2D eigenvalue weighted by Crippen LogP contribution is -2.46. The molecular weight excluding hydrogens is 740 g/mol. The zero-order valence-electron chi connectivity index (χ0n) is 29.1. The number of rotatable bonds is 19. The SMILES string of the molecule is O=C(CN(CCN(CC(=O)Nc1ccc([N+](=O)[O-])cc1)CC(=O)Nc1ccc([N+](=O)[O-])cc1)CC(=O)Nc1ccc([N+](=O)[O-])cc1)Nc1ccc([N+](=O)[O-])cc1. The third-order valence-corrected chi connectivity index (χ3v) is 7.65. The van der Waals surface area contributed by atoms with Gasteiger partial charge in [-0.25, -0.2) is 0 Å². The first kappa shape index (κ1) is 41.0. The number of nitrogens with one attached hydrogen (secondary N) is 4. The van der Waals surface area contributed by atoms with Gasteiger partial charge in [-0.3, -0.25) is 69.4 Å². The van der Waals surface area contributed by atoms with Crippen molar-refractivity contribution in [3.05, 3.63) is 138 Å². The van der Waals surface area contributed by atoms with Crippen molar-refractivity contribution < 1.29 is 38.9 Å². The summed E-state index contributed by atoms with van der Waals surface area (Å²) < 4.78 is 0. The fourth-order valence-electron chi connectivity index (χ4n) is 4.99.